The van der Waals surface area contributed by atoms with Crippen LogP contribution in [0.5, 0.6) is 0 Å². The summed E-state index contributed by atoms with van der Waals surface area (Å²) < 4.78 is 28.5. The van der Waals surface area contributed by atoms with E-state index in [1.807, 2.05) is 6.07 Å². The summed E-state index contributed by atoms with van der Waals surface area (Å²) in [5, 5.41) is 0. The zero-order valence-electron chi connectivity index (χ0n) is 9.13. The first kappa shape index (κ1) is 13.6. The van der Waals surface area contributed by atoms with Crippen molar-refractivity contribution in [2.24, 2.45) is 5.73 Å². The minimum atomic E-state index is -0.906. The summed E-state index contributed by atoms with van der Waals surface area (Å²) in [6, 6.07) is 8.68. The Morgan fingerprint density at radius 3 is 2.44 bits per heavy atom. The van der Waals surface area contributed by atoms with Crippen LogP contribution in [0, 0.1) is 11.6 Å². The van der Waals surface area contributed by atoms with Crippen molar-refractivity contribution in [2.75, 3.05) is 0 Å². The number of benzene rings is 2. The van der Waals surface area contributed by atoms with Crippen LogP contribution in [0.15, 0.2) is 45.3 Å². The van der Waals surface area contributed by atoms with Gasteiger partial charge in [-0.1, -0.05) is 44.0 Å². The lowest BCUT2D eigenvalue weighted by Gasteiger charge is -2.15. The van der Waals surface area contributed by atoms with E-state index >= 15 is 0 Å². The zero-order valence-corrected chi connectivity index (χ0v) is 12.3. The predicted molar refractivity (Wildman–Crippen MR) is 74.2 cm³/mol. The smallest absolute Gasteiger partial charge is 0.163 e. The zero-order chi connectivity index (χ0) is 13.3. The van der Waals surface area contributed by atoms with Gasteiger partial charge in [0.1, 0.15) is 0 Å². The summed E-state index contributed by atoms with van der Waals surface area (Å²) in [4.78, 5) is 0. The van der Waals surface area contributed by atoms with Crippen molar-refractivity contribution >= 4 is 31.9 Å². The maximum Gasteiger partial charge on any atom is 0.163 e. The van der Waals surface area contributed by atoms with Crippen LogP contribution in [0.2, 0.25) is 0 Å². The van der Waals surface area contributed by atoms with Crippen LogP contribution in [0.1, 0.15) is 17.2 Å². The molecule has 2 aromatic rings. The van der Waals surface area contributed by atoms with Crippen molar-refractivity contribution in [3.8, 4) is 0 Å². The Morgan fingerprint density at radius 1 is 1.00 bits per heavy atom. The summed E-state index contributed by atoms with van der Waals surface area (Å²) in [5.41, 5.74) is 6.82. The molecule has 0 spiro atoms. The molecular formula is C13H9Br2F2N. The van der Waals surface area contributed by atoms with E-state index in [0.717, 1.165) is 15.0 Å². The fourth-order valence-electron chi connectivity index (χ4n) is 1.68. The van der Waals surface area contributed by atoms with Gasteiger partial charge in [0.2, 0.25) is 0 Å². The molecule has 0 heterocycles. The van der Waals surface area contributed by atoms with E-state index in [0.29, 0.717) is 5.56 Å². The van der Waals surface area contributed by atoms with Crippen LogP contribution in [0.4, 0.5) is 8.78 Å². The molecule has 1 nitrogen and oxygen atoms in total. The molecule has 18 heavy (non-hydrogen) atoms. The van der Waals surface area contributed by atoms with Gasteiger partial charge < -0.3 is 5.73 Å². The predicted octanol–water partition coefficient (Wildman–Crippen LogP) is 4.54. The van der Waals surface area contributed by atoms with Crippen LogP contribution in [-0.2, 0) is 0 Å². The lowest BCUT2D eigenvalue weighted by Crippen LogP contribution is -2.15. The van der Waals surface area contributed by atoms with E-state index in [-0.39, 0.29) is 5.56 Å². The Kier molecular flexibility index (Phi) is 4.14. The molecule has 1 unspecified atom stereocenters. The van der Waals surface area contributed by atoms with E-state index in [2.05, 4.69) is 31.9 Å². The van der Waals surface area contributed by atoms with Crippen LogP contribution in [-0.4, -0.2) is 0 Å². The summed E-state index contributed by atoms with van der Waals surface area (Å²) in [6.45, 7) is 0. The molecule has 94 valence electrons. The average molecular weight is 377 g/mol. The molecule has 0 aliphatic heterocycles. The van der Waals surface area contributed by atoms with Gasteiger partial charge in [-0.15, -0.1) is 0 Å². The van der Waals surface area contributed by atoms with E-state index in [1.54, 1.807) is 12.1 Å². The van der Waals surface area contributed by atoms with E-state index in [9.17, 15) is 8.78 Å². The molecule has 2 N–H and O–H groups in total. The highest BCUT2D eigenvalue weighted by Crippen LogP contribution is 2.31. The Morgan fingerprint density at radius 2 is 1.72 bits per heavy atom. The molecule has 0 bridgehead atoms. The lowest BCUT2D eigenvalue weighted by molar-refractivity contribution is 0.494. The maximum absolute atomic E-state index is 13.7. The molecule has 0 fully saturated rings. The Labute approximate surface area is 120 Å². The highest BCUT2D eigenvalue weighted by Gasteiger charge is 2.18. The first-order chi connectivity index (χ1) is 8.50. The molecule has 0 saturated carbocycles. The second-order valence-corrected chi connectivity index (χ2v) is 5.56. The van der Waals surface area contributed by atoms with Crippen LogP contribution < -0.4 is 5.73 Å². The topological polar surface area (TPSA) is 26.0 Å². The maximum atomic E-state index is 13.7. The summed E-state index contributed by atoms with van der Waals surface area (Å²) >= 11 is 6.68. The molecule has 1 atom stereocenters. The van der Waals surface area contributed by atoms with Crippen molar-refractivity contribution < 1.29 is 8.78 Å². The average Bonchev–Trinajstić information content (AvgIpc) is 2.35. The molecule has 5 heteroatoms. The number of rotatable bonds is 2. The van der Waals surface area contributed by atoms with Gasteiger partial charge in [0.05, 0.1) is 6.04 Å². The van der Waals surface area contributed by atoms with Gasteiger partial charge in [-0.3, -0.25) is 0 Å². The lowest BCUT2D eigenvalue weighted by atomic mass is 9.99. The third kappa shape index (κ3) is 2.63. The van der Waals surface area contributed by atoms with E-state index < -0.39 is 17.7 Å². The van der Waals surface area contributed by atoms with Gasteiger partial charge in [-0.05, 0) is 29.8 Å². The molecule has 2 rings (SSSR count). The van der Waals surface area contributed by atoms with Crippen molar-refractivity contribution in [1.29, 1.82) is 0 Å². The molecule has 0 aliphatic rings. The molecule has 0 aromatic heterocycles. The van der Waals surface area contributed by atoms with Crippen LogP contribution in [0.25, 0.3) is 0 Å². The first-order valence-electron chi connectivity index (χ1n) is 5.15. The Bertz CT molecular complexity index is 585. The normalized spacial score (nSPS) is 12.5. The third-order valence-electron chi connectivity index (χ3n) is 2.61. The quantitative estimate of drug-likeness (QED) is 0.818. The third-order valence-corrected chi connectivity index (χ3v) is 3.83. The van der Waals surface area contributed by atoms with Crippen LogP contribution >= 0.6 is 31.9 Å². The number of halogens is 4. The molecule has 0 saturated heterocycles. The summed E-state index contributed by atoms with van der Waals surface area (Å²) in [6.07, 6.45) is 0. The molecular weight excluding hydrogens is 368 g/mol. The Balaban J connectivity index is 2.51. The second kappa shape index (κ2) is 5.47. The molecule has 0 amide bonds. The van der Waals surface area contributed by atoms with Gasteiger partial charge in [0.25, 0.3) is 0 Å². The first-order valence-corrected chi connectivity index (χ1v) is 6.73. The van der Waals surface area contributed by atoms with Gasteiger partial charge in [0, 0.05) is 14.5 Å². The molecule has 0 aliphatic carbocycles. The van der Waals surface area contributed by atoms with Crippen molar-refractivity contribution in [2.45, 2.75) is 6.04 Å². The highest BCUT2D eigenvalue weighted by molar-refractivity contribution is 9.11. The number of hydrogen-bond donors (Lipinski definition) is 1. The fraction of sp³-hybridized carbons (Fsp3) is 0.0769. The number of hydrogen-bond acceptors (Lipinski definition) is 1. The fourth-order valence-corrected chi connectivity index (χ4v) is 2.55. The minimum Gasteiger partial charge on any atom is -0.320 e. The number of nitrogens with two attached hydrogens (primary N) is 1. The molecule has 2 aromatic carbocycles. The van der Waals surface area contributed by atoms with Crippen molar-refractivity contribution in [3.05, 3.63) is 68.1 Å². The second-order valence-electron chi connectivity index (χ2n) is 3.79. The van der Waals surface area contributed by atoms with Gasteiger partial charge in [0.15, 0.2) is 11.6 Å². The largest absolute Gasteiger partial charge is 0.320 e. The van der Waals surface area contributed by atoms with Gasteiger partial charge >= 0.3 is 0 Å². The van der Waals surface area contributed by atoms with Gasteiger partial charge in [-0.25, -0.2) is 8.78 Å². The minimum absolute atomic E-state index is 0.133. The Hall–Kier alpha value is -0.780. The van der Waals surface area contributed by atoms with E-state index in [4.69, 9.17) is 5.73 Å². The van der Waals surface area contributed by atoms with Crippen molar-refractivity contribution in [1.82, 2.24) is 0 Å². The monoisotopic (exact) mass is 375 g/mol. The summed E-state index contributed by atoms with van der Waals surface area (Å²) in [7, 11) is 0. The van der Waals surface area contributed by atoms with Crippen molar-refractivity contribution in [3.63, 3.8) is 0 Å². The standard InChI is InChI=1S/C13H9Br2F2N/c14-7-4-5-10(15)9(6-7)13(18)8-2-1-3-11(16)12(8)17/h1-6,13H,18H2. The summed E-state index contributed by atoms with van der Waals surface area (Å²) in [5.74, 6) is -1.80. The van der Waals surface area contributed by atoms with Crippen LogP contribution in [0.3, 0.4) is 0 Å². The van der Waals surface area contributed by atoms with E-state index in [1.165, 1.54) is 12.1 Å². The highest BCUT2D eigenvalue weighted by atomic mass is 79.9. The van der Waals surface area contributed by atoms with Gasteiger partial charge in [-0.2, -0.15) is 0 Å². The SMILES string of the molecule is NC(c1cc(Br)ccc1Br)c1cccc(F)c1F. The molecule has 0 radical (unpaired) electrons.